The number of esters is 1. The molecule has 0 heterocycles. The fraction of sp³-hybridized carbons (Fsp3) is 0.571. The SMILES string of the molecule is COC(=O)C#CCC(F)(F)C(F)(F)F. The van der Waals surface area contributed by atoms with E-state index in [2.05, 4.69) is 4.74 Å². The summed E-state index contributed by atoms with van der Waals surface area (Å²) in [4.78, 5) is 10.2. The Balaban J connectivity index is 4.38. The predicted octanol–water partition coefficient (Wildman–Crippen LogP) is 1.75. The lowest BCUT2D eigenvalue weighted by Crippen LogP contribution is -2.35. The van der Waals surface area contributed by atoms with Crippen molar-refractivity contribution < 1.29 is 31.5 Å². The minimum Gasteiger partial charge on any atom is -0.459 e. The summed E-state index contributed by atoms with van der Waals surface area (Å²) in [5, 5.41) is 0. The highest BCUT2D eigenvalue weighted by Gasteiger charge is 2.56. The van der Waals surface area contributed by atoms with Gasteiger partial charge in [-0.3, -0.25) is 0 Å². The molecule has 0 bridgehead atoms. The fourth-order valence-corrected chi connectivity index (χ4v) is 0.379. The first kappa shape index (κ1) is 12.7. The van der Waals surface area contributed by atoms with Gasteiger partial charge in [0.15, 0.2) is 0 Å². The van der Waals surface area contributed by atoms with Crippen LogP contribution < -0.4 is 0 Å². The number of hydrogen-bond acceptors (Lipinski definition) is 2. The zero-order chi connectivity index (χ0) is 11.4. The molecule has 0 aliphatic heterocycles. The summed E-state index contributed by atoms with van der Waals surface area (Å²) in [5.41, 5.74) is 0. The van der Waals surface area contributed by atoms with Crippen LogP contribution >= 0.6 is 0 Å². The van der Waals surface area contributed by atoms with E-state index in [0.717, 1.165) is 7.11 Å². The molecule has 0 aliphatic rings. The van der Waals surface area contributed by atoms with E-state index in [1.54, 1.807) is 0 Å². The van der Waals surface area contributed by atoms with Gasteiger partial charge >= 0.3 is 18.1 Å². The molecule has 0 saturated carbocycles. The summed E-state index contributed by atoms with van der Waals surface area (Å²) < 4.78 is 62.6. The van der Waals surface area contributed by atoms with Gasteiger partial charge in [-0.2, -0.15) is 22.0 Å². The minimum absolute atomic E-state index is 0.929. The third-order valence-corrected chi connectivity index (χ3v) is 1.10. The number of hydrogen-bond donors (Lipinski definition) is 0. The average molecular weight is 216 g/mol. The van der Waals surface area contributed by atoms with Crippen LogP contribution in [0, 0.1) is 11.8 Å². The Bertz CT molecular complexity index is 270. The fourth-order valence-electron chi connectivity index (χ4n) is 0.379. The first-order chi connectivity index (χ1) is 6.20. The summed E-state index contributed by atoms with van der Waals surface area (Å²) in [5.74, 6) is -3.21. The summed E-state index contributed by atoms with van der Waals surface area (Å²) in [6.45, 7) is 0. The maximum absolute atomic E-state index is 12.1. The van der Waals surface area contributed by atoms with E-state index in [4.69, 9.17) is 0 Å². The smallest absolute Gasteiger partial charge is 0.454 e. The van der Waals surface area contributed by atoms with Gasteiger partial charge in [0.1, 0.15) is 0 Å². The molecule has 2 nitrogen and oxygen atoms in total. The molecule has 0 aromatic heterocycles. The molecule has 0 radical (unpaired) electrons. The minimum atomic E-state index is -5.65. The Morgan fingerprint density at radius 3 is 2.14 bits per heavy atom. The van der Waals surface area contributed by atoms with Gasteiger partial charge in [-0.05, 0) is 0 Å². The molecule has 80 valence electrons. The first-order valence-corrected chi connectivity index (χ1v) is 3.22. The number of halogens is 5. The predicted molar refractivity (Wildman–Crippen MR) is 35.4 cm³/mol. The maximum Gasteiger partial charge on any atom is 0.454 e. The molecule has 0 aromatic carbocycles. The summed E-state index contributed by atoms with van der Waals surface area (Å²) in [7, 11) is 0.929. The first-order valence-electron chi connectivity index (χ1n) is 3.22. The number of rotatable bonds is 1. The molecule has 0 aromatic rings. The van der Waals surface area contributed by atoms with Crippen LogP contribution in [0.4, 0.5) is 22.0 Å². The van der Waals surface area contributed by atoms with Crippen molar-refractivity contribution in [1.82, 2.24) is 0 Å². The van der Waals surface area contributed by atoms with E-state index in [9.17, 15) is 26.7 Å². The van der Waals surface area contributed by atoms with E-state index in [1.165, 1.54) is 11.8 Å². The lowest BCUT2D eigenvalue weighted by Gasteiger charge is -2.16. The molecule has 14 heavy (non-hydrogen) atoms. The highest BCUT2D eigenvalue weighted by molar-refractivity contribution is 5.88. The van der Waals surface area contributed by atoms with Gasteiger partial charge < -0.3 is 4.74 Å². The van der Waals surface area contributed by atoms with E-state index in [1.807, 2.05) is 0 Å². The highest BCUT2D eigenvalue weighted by atomic mass is 19.4. The zero-order valence-electron chi connectivity index (χ0n) is 6.91. The van der Waals surface area contributed by atoms with Crippen molar-refractivity contribution >= 4 is 5.97 Å². The van der Waals surface area contributed by atoms with Crippen LogP contribution in [0.1, 0.15) is 6.42 Å². The number of ether oxygens (including phenoxy) is 1. The van der Waals surface area contributed by atoms with Gasteiger partial charge in [0, 0.05) is 5.92 Å². The number of methoxy groups -OCH3 is 1. The van der Waals surface area contributed by atoms with Crippen LogP contribution in [0.25, 0.3) is 0 Å². The normalized spacial score (nSPS) is 11.6. The van der Waals surface area contributed by atoms with Crippen LogP contribution in [-0.2, 0) is 9.53 Å². The molecule has 7 heteroatoms. The van der Waals surface area contributed by atoms with Crippen molar-refractivity contribution in [3.63, 3.8) is 0 Å². The van der Waals surface area contributed by atoms with Gasteiger partial charge in [0.25, 0.3) is 0 Å². The summed E-state index contributed by atoms with van der Waals surface area (Å²) in [6.07, 6.45) is -7.41. The molecule has 0 rings (SSSR count). The molecule has 0 amide bonds. The second-order valence-electron chi connectivity index (χ2n) is 2.17. The summed E-state index contributed by atoms with van der Waals surface area (Å²) >= 11 is 0. The molecular formula is C7H5F5O2. The quantitative estimate of drug-likeness (QED) is 0.289. The number of carbonyl (C=O) groups excluding carboxylic acids is 1. The standard InChI is InChI=1S/C7H5F5O2/c1-14-5(13)3-2-4-6(8,9)7(10,11)12/h4H2,1H3. The van der Waals surface area contributed by atoms with Crippen LogP contribution in [0.5, 0.6) is 0 Å². The molecular weight excluding hydrogens is 211 g/mol. The molecule has 0 fully saturated rings. The van der Waals surface area contributed by atoms with Gasteiger partial charge in [-0.25, -0.2) is 4.79 Å². The Labute approximate surface area is 76.0 Å². The van der Waals surface area contributed by atoms with Crippen molar-refractivity contribution in [3.05, 3.63) is 0 Å². The zero-order valence-corrected chi connectivity index (χ0v) is 6.91. The van der Waals surface area contributed by atoms with Gasteiger partial charge in [-0.15, -0.1) is 0 Å². The third kappa shape index (κ3) is 3.60. The van der Waals surface area contributed by atoms with Crippen LogP contribution in [0.2, 0.25) is 0 Å². The van der Waals surface area contributed by atoms with Crippen molar-refractivity contribution in [2.75, 3.05) is 7.11 Å². The highest BCUT2D eigenvalue weighted by Crippen LogP contribution is 2.37. The maximum atomic E-state index is 12.1. The van der Waals surface area contributed by atoms with Crippen LogP contribution in [0.3, 0.4) is 0 Å². The van der Waals surface area contributed by atoms with E-state index >= 15 is 0 Å². The van der Waals surface area contributed by atoms with Crippen molar-refractivity contribution in [3.8, 4) is 11.8 Å². The van der Waals surface area contributed by atoms with E-state index < -0.39 is 24.5 Å². The molecule has 0 spiro atoms. The lowest BCUT2D eigenvalue weighted by atomic mass is 10.2. The Morgan fingerprint density at radius 2 is 1.79 bits per heavy atom. The number of alkyl halides is 5. The Kier molecular flexibility index (Phi) is 3.86. The van der Waals surface area contributed by atoms with Crippen LogP contribution in [-0.4, -0.2) is 25.2 Å². The van der Waals surface area contributed by atoms with E-state index in [-0.39, 0.29) is 0 Å². The number of carbonyl (C=O) groups is 1. The summed E-state index contributed by atoms with van der Waals surface area (Å²) in [6, 6.07) is 0. The molecule has 0 unspecified atom stereocenters. The van der Waals surface area contributed by atoms with Gasteiger partial charge in [0.2, 0.25) is 0 Å². The van der Waals surface area contributed by atoms with Gasteiger partial charge in [0.05, 0.1) is 13.5 Å². The van der Waals surface area contributed by atoms with E-state index in [0.29, 0.717) is 0 Å². The topological polar surface area (TPSA) is 26.3 Å². The van der Waals surface area contributed by atoms with Crippen molar-refractivity contribution in [2.24, 2.45) is 0 Å². The largest absolute Gasteiger partial charge is 0.459 e. The van der Waals surface area contributed by atoms with Crippen molar-refractivity contribution in [2.45, 2.75) is 18.5 Å². The molecule has 0 atom stereocenters. The average Bonchev–Trinajstić information content (AvgIpc) is 2.01. The van der Waals surface area contributed by atoms with Crippen molar-refractivity contribution in [1.29, 1.82) is 0 Å². The second-order valence-corrected chi connectivity index (χ2v) is 2.17. The Hall–Kier alpha value is -1.32. The van der Waals surface area contributed by atoms with Crippen LogP contribution in [0.15, 0.2) is 0 Å². The lowest BCUT2D eigenvalue weighted by molar-refractivity contribution is -0.279. The molecule has 0 saturated heterocycles. The Morgan fingerprint density at radius 1 is 1.29 bits per heavy atom. The second kappa shape index (κ2) is 4.26. The third-order valence-electron chi connectivity index (χ3n) is 1.10. The molecule has 0 N–H and O–H groups in total. The van der Waals surface area contributed by atoms with Gasteiger partial charge in [-0.1, -0.05) is 5.92 Å². The monoisotopic (exact) mass is 216 g/mol. The molecule has 0 aliphatic carbocycles.